The minimum absolute atomic E-state index is 0.232. The first kappa shape index (κ1) is 13.6. The Morgan fingerprint density at radius 1 is 1.30 bits per heavy atom. The predicted molar refractivity (Wildman–Crippen MR) is 73.4 cm³/mol. The van der Waals surface area contributed by atoms with E-state index in [9.17, 15) is 4.79 Å². The first-order valence-electron chi connectivity index (χ1n) is 6.00. The minimum Gasteiger partial charge on any atom is -0.345 e. The Morgan fingerprint density at radius 3 is 2.90 bits per heavy atom. The second kappa shape index (κ2) is 6.97. The Balaban J connectivity index is 2.09. The van der Waals surface area contributed by atoms with Gasteiger partial charge in [0.05, 0.1) is 24.3 Å². The summed E-state index contributed by atoms with van der Waals surface area (Å²) in [6, 6.07) is 6.99. The lowest BCUT2D eigenvalue weighted by Crippen LogP contribution is -2.25. The van der Waals surface area contributed by atoms with E-state index >= 15 is 0 Å². The first-order valence-corrected chi connectivity index (χ1v) is 6.00. The molecule has 3 N–H and O–H groups in total. The van der Waals surface area contributed by atoms with Crippen LogP contribution in [0.2, 0.25) is 0 Å². The van der Waals surface area contributed by atoms with Crippen LogP contribution < -0.4 is 11.1 Å². The number of pyridine rings is 1. The van der Waals surface area contributed by atoms with Gasteiger partial charge in [0, 0.05) is 12.4 Å². The lowest BCUT2D eigenvalue weighted by atomic mass is 10.2. The summed E-state index contributed by atoms with van der Waals surface area (Å²) in [7, 11) is 0. The Morgan fingerprint density at radius 2 is 2.15 bits per heavy atom. The normalized spacial score (nSPS) is 9.45. The number of nitrogens with two attached hydrogens (primary N) is 1. The first-order chi connectivity index (χ1) is 9.81. The highest BCUT2D eigenvalue weighted by molar-refractivity contribution is 5.94. The SMILES string of the molecule is NCC#Cc1cccnc1C(=O)NCc1cccnn1. The van der Waals surface area contributed by atoms with Gasteiger partial charge in [0.25, 0.3) is 5.91 Å². The van der Waals surface area contributed by atoms with Crippen molar-refractivity contribution in [3.8, 4) is 11.8 Å². The van der Waals surface area contributed by atoms with E-state index in [0.717, 1.165) is 0 Å². The van der Waals surface area contributed by atoms with E-state index in [1.54, 1.807) is 36.7 Å². The van der Waals surface area contributed by atoms with E-state index in [2.05, 4.69) is 32.3 Å². The highest BCUT2D eigenvalue weighted by Crippen LogP contribution is 2.04. The van der Waals surface area contributed by atoms with E-state index in [1.807, 2.05) is 0 Å². The Hall–Kier alpha value is -2.78. The van der Waals surface area contributed by atoms with Crippen LogP contribution in [0.1, 0.15) is 21.7 Å². The highest BCUT2D eigenvalue weighted by atomic mass is 16.1. The average molecular weight is 267 g/mol. The zero-order chi connectivity index (χ0) is 14.2. The number of amides is 1. The number of carbonyl (C=O) groups excluding carboxylic acids is 1. The molecule has 2 heterocycles. The zero-order valence-electron chi connectivity index (χ0n) is 10.7. The van der Waals surface area contributed by atoms with Gasteiger partial charge in [0.2, 0.25) is 0 Å². The molecule has 0 saturated carbocycles. The van der Waals surface area contributed by atoms with Crippen molar-refractivity contribution in [1.29, 1.82) is 0 Å². The van der Waals surface area contributed by atoms with Crippen LogP contribution in [0.15, 0.2) is 36.7 Å². The van der Waals surface area contributed by atoms with Crippen molar-refractivity contribution in [2.45, 2.75) is 6.54 Å². The smallest absolute Gasteiger partial charge is 0.271 e. The molecule has 0 atom stereocenters. The molecule has 0 aromatic carbocycles. The standard InChI is InChI=1S/C14H13N5O/c15-7-1-4-11-5-2-8-16-13(11)14(20)17-10-12-6-3-9-18-19-12/h2-3,5-6,8-9H,7,10,15H2,(H,17,20). The quantitative estimate of drug-likeness (QED) is 0.770. The maximum absolute atomic E-state index is 12.1. The van der Waals surface area contributed by atoms with Crippen molar-refractivity contribution in [2.24, 2.45) is 5.73 Å². The topological polar surface area (TPSA) is 93.8 Å². The summed E-state index contributed by atoms with van der Waals surface area (Å²) in [5.41, 5.74) is 6.83. The van der Waals surface area contributed by atoms with Crippen molar-refractivity contribution >= 4 is 5.91 Å². The molecule has 100 valence electrons. The van der Waals surface area contributed by atoms with Crippen LogP contribution in [0.25, 0.3) is 0 Å². The molecular formula is C14H13N5O. The predicted octanol–water partition coefficient (Wildman–Crippen LogP) is 0.112. The third-order valence-electron chi connectivity index (χ3n) is 2.41. The lowest BCUT2D eigenvalue weighted by Gasteiger charge is -2.05. The summed E-state index contributed by atoms with van der Waals surface area (Å²) in [4.78, 5) is 16.1. The maximum atomic E-state index is 12.1. The monoisotopic (exact) mass is 267 g/mol. The number of aromatic nitrogens is 3. The van der Waals surface area contributed by atoms with E-state index in [4.69, 9.17) is 5.73 Å². The minimum atomic E-state index is -0.308. The molecule has 0 radical (unpaired) electrons. The van der Waals surface area contributed by atoms with Crippen molar-refractivity contribution in [3.05, 3.63) is 53.6 Å². The Labute approximate surface area is 116 Å². The molecule has 0 unspecified atom stereocenters. The fraction of sp³-hybridized carbons (Fsp3) is 0.143. The molecule has 2 aromatic rings. The third kappa shape index (κ3) is 3.60. The van der Waals surface area contributed by atoms with Crippen LogP contribution in [-0.4, -0.2) is 27.6 Å². The molecule has 6 nitrogen and oxygen atoms in total. The molecule has 0 aliphatic carbocycles. The van der Waals surface area contributed by atoms with Crippen LogP contribution in [0.4, 0.5) is 0 Å². The van der Waals surface area contributed by atoms with Crippen LogP contribution in [0.5, 0.6) is 0 Å². The maximum Gasteiger partial charge on any atom is 0.271 e. The molecule has 20 heavy (non-hydrogen) atoms. The molecule has 0 fully saturated rings. The van der Waals surface area contributed by atoms with Gasteiger partial charge in [-0.05, 0) is 24.3 Å². The Bertz CT molecular complexity index is 645. The number of nitrogens with zero attached hydrogens (tertiary/aromatic N) is 3. The average Bonchev–Trinajstić information content (AvgIpc) is 2.52. The lowest BCUT2D eigenvalue weighted by molar-refractivity contribution is 0.0945. The van der Waals surface area contributed by atoms with Gasteiger partial charge in [-0.2, -0.15) is 10.2 Å². The number of hydrogen-bond acceptors (Lipinski definition) is 5. The van der Waals surface area contributed by atoms with Crippen LogP contribution in [-0.2, 0) is 6.54 Å². The summed E-state index contributed by atoms with van der Waals surface area (Å²) in [5, 5.41) is 10.4. The third-order valence-corrected chi connectivity index (χ3v) is 2.41. The van der Waals surface area contributed by atoms with E-state index in [0.29, 0.717) is 11.3 Å². The van der Waals surface area contributed by atoms with Gasteiger partial charge in [-0.25, -0.2) is 4.98 Å². The number of rotatable bonds is 3. The molecule has 2 rings (SSSR count). The molecular weight excluding hydrogens is 254 g/mol. The molecule has 0 saturated heterocycles. The van der Waals surface area contributed by atoms with Crippen LogP contribution >= 0.6 is 0 Å². The van der Waals surface area contributed by atoms with Crippen molar-refractivity contribution < 1.29 is 4.79 Å². The summed E-state index contributed by atoms with van der Waals surface area (Å²) in [5.74, 6) is 5.23. The van der Waals surface area contributed by atoms with Gasteiger partial charge in [-0.3, -0.25) is 4.79 Å². The molecule has 2 aromatic heterocycles. The van der Waals surface area contributed by atoms with Crippen LogP contribution in [0.3, 0.4) is 0 Å². The molecule has 6 heteroatoms. The number of nitrogens with one attached hydrogen (secondary N) is 1. The van der Waals surface area contributed by atoms with Gasteiger partial charge < -0.3 is 11.1 Å². The van der Waals surface area contributed by atoms with Crippen molar-refractivity contribution in [3.63, 3.8) is 0 Å². The van der Waals surface area contributed by atoms with E-state index in [1.165, 1.54) is 0 Å². The number of hydrogen-bond donors (Lipinski definition) is 2. The summed E-state index contributed by atoms with van der Waals surface area (Å²) in [6.45, 7) is 0.516. The van der Waals surface area contributed by atoms with Gasteiger partial charge in [-0.15, -0.1) is 0 Å². The van der Waals surface area contributed by atoms with Crippen molar-refractivity contribution in [1.82, 2.24) is 20.5 Å². The van der Waals surface area contributed by atoms with Crippen molar-refractivity contribution in [2.75, 3.05) is 6.54 Å². The molecule has 0 spiro atoms. The van der Waals surface area contributed by atoms with Crippen LogP contribution in [0, 0.1) is 11.8 Å². The highest BCUT2D eigenvalue weighted by Gasteiger charge is 2.11. The second-order valence-electron chi connectivity index (χ2n) is 3.80. The summed E-state index contributed by atoms with van der Waals surface area (Å²) < 4.78 is 0. The molecule has 0 bridgehead atoms. The molecule has 0 aliphatic rings. The summed E-state index contributed by atoms with van der Waals surface area (Å²) in [6.07, 6.45) is 3.12. The van der Waals surface area contributed by atoms with Gasteiger partial charge in [0.1, 0.15) is 5.69 Å². The second-order valence-corrected chi connectivity index (χ2v) is 3.80. The number of carbonyl (C=O) groups is 1. The van der Waals surface area contributed by atoms with Gasteiger partial charge in [-0.1, -0.05) is 11.8 Å². The largest absolute Gasteiger partial charge is 0.345 e. The van der Waals surface area contributed by atoms with Gasteiger partial charge in [0.15, 0.2) is 0 Å². The fourth-order valence-corrected chi connectivity index (χ4v) is 1.52. The van der Waals surface area contributed by atoms with E-state index < -0.39 is 0 Å². The molecule has 0 aliphatic heterocycles. The molecule has 1 amide bonds. The van der Waals surface area contributed by atoms with E-state index in [-0.39, 0.29) is 24.7 Å². The van der Waals surface area contributed by atoms with Gasteiger partial charge >= 0.3 is 0 Å². The zero-order valence-corrected chi connectivity index (χ0v) is 10.7. The summed E-state index contributed by atoms with van der Waals surface area (Å²) >= 11 is 0. The Kier molecular flexibility index (Phi) is 4.76. The fourth-order valence-electron chi connectivity index (χ4n) is 1.52.